The van der Waals surface area contributed by atoms with E-state index in [1.54, 1.807) is 18.4 Å². The van der Waals surface area contributed by atoms with Gasteiger partial charge in [0.2, 0.25) is 17.7 Å². The molecule has 2 N–H and O–H groups in total. The standard InChI is InChI=1S/C15H18N8O/c16-13-18-14(22-7-6-21-5-1-3-10(21)9-22)19-15-17-12(20-23(13)15)11-4-2-8-24-11/h2,4,8,10H,1,3,5-7,9H2,(H2,16,17,18,19,20)/t10-/m1/s1. The molecule has 5 rings (SSSR count). The van der Waals surface area contributed by atoms with Gasteiger partial charge in [-0.3, -0.25) is 4.90 Å². The van der Waals surface area contributed by atoms with Crippen molar-refractivity contribution in [3.8, 4) is 11.6 Å². The van der Waals surface area contributed by atoms with Gasteiger partial charge in [-0.25, -0.2) is 0 Å². The minimum Gasteiger partial charge on any atom is -0.461 e. The number of rotatable bonds is 2. The number of hydrogen-bond donors (Lipinski definition) is 1. The van der Waals surface area contributed by atoms with E-state index in [1.165, 1.54) is 23.9 Å². The number of fused-ring (bicyclic) bond motifs is 2. The number of piperazine rings is 1. The molecule has 0 bridgehead atoms. The minimum absolute atomic E-state index is 0.286. The van der Waals surface area contributed by atoms with Crippen molar-refractivity contribution in [1.29, 1.82) is 0 Å². The summed E-state index contributed by atoms with van der Waals surface area (Å²) in [5.41, 5.74) is 6.08. The van der Waals surface area contributed by atoms with Crippen LogP contribution in [0.5, 0.6) is 0 Å². The van der Waals surface area contributed by atoms with Gasteiger partial charge in [0.1, 0.15) is 0 Å². The maximum absolute atomic E-state index is 6.08. The van der Waals surface area contributed by atoms with E-state index in [4.69, 9.17) is 10.2 Å². The van der Waals surface area contributed by atoms with Gasteiger partial charge >= 0.3 is 0 Å². The van der Waals surface area contributed by atoms with Crippen LogP contribution < -0.4 is 10.6 Å². The fraction of sp³-hybridized carbons (Fsp3) is 0.467. The van der Waals surface area contributed by atoms with Crippen molar-refractivity contribution in [3.63, 3.8) is 0 Å². The Balaban J connectivity index is 1.50. The highest BCUT2D eigenvalue weighted by Gasteiger charge is 2.32. The van der Waals surface area contributed by atoms with Gasteiger partial charge in [0.15, 0.2) is 5.76 Å². The number of anilines is 2. The second-order valence-electron chi connectivity index (χ2n) is 6.28. The van der Waals surface area contributed by atoms with Crippen LogP contribution in [0, 0.1) is 0 Å². The minimum atomic E-state index is 0.286. The Morgan fingerprint density at radius 1 is 1.17 bits per heavy atom. The number of nitrogen functional groups attached to an aromatic ring is 1. The topological polar surface area (TPSA) is 102 Å². The lowest BCUT2D eigenvalue weighted by molar-refractivity contribution is 0.229. The molecule has 9 nitrogen and oxygen atoms in total. The Morgan fingerprint density at radius 2 is 2.12 bits per heavy atom. The molecule has 2 aliphatic rings. The predicted molar refractivity (Wildman–Crippen MR) is 87.5 cm³/mol. The molecule has 0 saturated carbocycles. The zero-order valence-electron chi connectivity index (χ0n) is 13.2. The summed E-state index contributed by atoms with van der Waals surface area (Å²) in [6.07, 6.45) is 4.10. The lowest BCUT2D eigenvalue weighted by Gasteiger charge is -2.37. The van der Waals surface area contributed by atoms with Crippen LogP contribution in [-0.4, -0.2) is 61.7 Å². The van der Waals surface area contributed by atoms with Gasteiger partial charge in [0.05, 0.1) is 6.26 Å². The molecule has 0 aliphatic carbocycles. The maximum atomic E-state index is 6.08. The highest BCUT2D eigenvalue weighted by molar-refractivity contribution is 5.53. The molecule has 2 fully saturated rings. The molecule has 9 heteroatoms. The van der Waals surface area contributed by atoms with Gasteiger partial charge < -0.3 is 15.1 Å². The van der Waals surface area contributed by atoms with Crippen LogP contribution >= 0.6 is 0 Å². The summed E-state index contributed by atoms with van der Waals surface area (Å²) in [6, 6.07) is 4.19. The summed E-state index contributed by atoms with van der Waals surface area (Å²) in [7, 11) is 0. The number of nitrogens with zero attached hydrogens (tertiary/aromatic N) is 7. The summed E-state index contributed by atoms with van der Waals surface area (Å²) in [5, 5.41) is 4.33. The van der Waals surface area contributed by atoms with Gasteiger partial charge in [0, 0.05) is 25.7 Å². The Morgan fingerprint density at radius 3 is 3.00 bits per heavy atom. The molecular weight excluding hydrogens is 308 g/mol. The summed E-state index contributed by atoms with van der Waals surface area (Å²) < 4.78 is 6.79. The molecule has 0 radical (unpaired) electrons. The van der Waals surface area contributed by atoms with Crippen LogP contribution in [0.1, 0.15) is 12.8 Å². The molecule has 0 spiro atoms. The molecule has 3 aromatic rings. The summed E-state index contributed by atoms with van der Waals surface area (Å²) in [5.74, 6) is 2.40. The Labute approximate surface area is 138 Å². The molecule has 0 unspecified atom stereocenters. The van der Waals surface area contributed by atoms with Gasteiger partial charge in [-0.2, -0.15) is 19.5 Å². The molecule has 1 atom stereocenters. The van der Waals surface area contributed by atoms with E-state index in [-0.39, 0.29) is 5.95 Å². The molecule has 0 amide bonds. The van der Waals surface area contributed by atoms with Crippen LogP contribution in [0.15, 0.2) is 22.8 Å². The molecule has 124 valence electrons. The first-order chi connectivity index (χ1) is 11.8. The third-order valence-electron chi connectivity index (χ3n) is 4.83. The van der Waals surface area contributed by atoms with Gasteiger partial charge in [-0.1, -0.05) is 0 Å². The van der Waals surface area contributed by atoms with Gasteiger partial charge in [-0.05, 0) is 31.5 Å². The first-order valence-corrected chi connectivity index (χ1v) is 8.21. The van der Waals surface area contributed by atoms with Crippen molar-refractivity contribution in [3.05, 3.63) is 18.4 Å². The van der Waals surface area contributed by atoms with Crippen LogP contribution in [0.3, 0.4) is 0 Å². The number of hydrogen-bond acceptors (Lipinski definition) is 8. The highest BCUT2D eigenvalue weighted by atomic mass is 16.3. The van der Waals surface area contributed by atoms with Crippen LogP contribution in [0.2, 0.25) is 0 Å². The van der Waals surface area contributed by atoms with Crippen LogP contribution in [-0.2, 0) is 0 Å². The lowest BCUT2D eigenvalue weighted by Crippen LogP contribution is -2.50. The monoisotopic (exact) mass is 326 g/mol. The van der Waals surface area contributed by atoms with E-state index in [0.717, 1.165) is 19.6 Å². The predicted octanol–water partition coefficient (Wildman–Crippen LogP) is 0.646. The zero-order chi connectivity index (χ0) is 16.1. The smallest absolute Gasteiger partial charge is 0.259 e. The average molecular weight is 326 g/mol. The second kappa shape index (κ2) is 5.17. The normalized spacial score (nSPS) is 21.5. The summed E-state index contributed by atoms with van der Waals surface area (Å²) in [4.78, 5) is 18.2. The van der Waals surface area contributed by atoms with E-state index < -0.39 is 0 Å². The van der Waals surface area contributed by atoms with Crippen molar-refractivity contribution in [2.24, 2.45) is 0 Å². The van der Waals surface area contributed by atoms with Crippen LogP contribution in [0.4, 0.5) is 11.9 Å². The maximum Gasteiger partial charge on any atom is 0.259 e. The number of furan rings is 1. The average Bonchev–Trinajstić information content (AvgIpc) is 3.32. The van der Waals surface area contributed by atoms with Crippen molar-refractivity contribution < 1.29 is 4.42 Å². The van der Waals surface area contributed by atoms with Gasteiger partial charge in [0.25, 0.3) is 5.78 Å². The van der Waals surface area contributed by atoms with Crippen molar-refractivity contribution >= 4 is 17.7 Å². The summed E-state index contributed by atoms with van der Waals surface area (Å²) in [6.45, 7) is 4.10. The highest BCUT2D eigenvalue weighted by Crippen LogP contribution is 2.24. The molecule has 0 aromatic carbocycles. The summed E-state index contributed by atoms with van der Waals surface area (Å²) >= 11 is 0. The number of nitrogens with two attached hydrogens (primary N) is 1. The molecule has 24 heavy (non-hydrogen) atoms. The molecule has 2 saturated heterocycles. The third kappa shape index (κ3) is 2.12. The van der Waals surface area contributed by atoms with Crippen molar-refractivity contribution in [2.75, 3.05) is 36.8 Å². The first-order valence-electron chi connectivity index (χ1n) is 8.21. The Kier molecular flexibility index (Phi) is 2.96. The SMILES string of the molecule is Nc1nc(N2CCN3CCC[C@@H]3C2)nc2nc(-c3ccco3)nn12. The zero-order valence-corrected chi connectivity index (χ0v) is 13.2. The van der Waals surface area contributed by atoms with E-state index in [2.05, 4.69) is 29.9 Å². The quantitative estimate of drug-likeness (QED) is 0.732. The number of aromatic nitrogens is 5. The fourth-order valence-corrected chi connectivity index (χ4v) is 3.62. The first kappa shape index (κ1) is 13.7. The Bertz CT molecular complexity index is 873. The Hall–Kier alpha value is -2.68. The van der Waals surface area contributed by atoms with Gasteiger partial charge in [-0.15, -0.1) is 5.10 Å². The molecular formula is C15H18N8O. The van der Waals surface area contributed by atoms with Crippen molar-refractivity contribution in [2.45, 2.75) is 18.9 Å². The second-order valence-corrected chi connectivity index (χ2v) is 6.28. The third-order valence-corrected chi connectivity index (χ3v) is 4.83. The van der Waals surface area contributed by atoms with Crippen molar-refractivity contribution in [1.82, 2.24) is 29.5 Å². The van der Waals surface area contributed by atoms with E-state index in [0.29, 0.717) is 29.4 Å². The molecule has 3 aromatic heterocycles. The largest absolute Gasteiger partial charge is 0.461 e. The van der Waals surface area contributed by atoms with E-state index in [1.807, 2.05) is 0 Å². The van der Waals surface area contributed by atoms with E-state index >= 15 is 0 Å². The van der Waals surface area contributed by atoms with Crippen LogP contribution in [0.25, 0.3) is 17.4 Å². The molecule has 2 aliphatic heterocycles. The van der Waals surface area contributed by atoms with E-state index in [9.17, 15) is 0 Å². The fourth-order valence-electron chi connectivity index (χ4n) is 3.62. The lowest BCUT2D eigenvalue weighted by atomic mass is 10.2. The molecule has 5 heterocycles.